The van der Waals surface area contributed by atoms with Gasteiger partial charge in [0.05, 0.1) is 5.02 Å². The van der Waals surface area contributed by atoms with E-state index in [1.165, 1.54) is 0 Å². The topological polar surface area (TPSA) is 72.0 Å². The molecule has 1 heterocycles. The van der Waals surface area contributed by atoms with Gasteiger partial charge in [-0.15, -0.1) is 0 Å². The van der Waals surface area contributed by atoms with E-state index >= 15 is 0 Å². The fourth-order valence-electron chi connectivity index (χ4n) is 1.51. The van der Waals surface area contributed by atoms with Crippen molar-refractivity contribution in [3.05, 3.63) is 51.1 Å². The number of nitrogens with two attached hydrogens (primary N) is 1. The molecule has 3 N–H and O–H groups in total. The largest absolute Gasteiger partial charge is 0.437 e. The van der Waals surface area contributed by atoms with Crippen LogP contribution in [0.5, 0.6) is 11.6 Å². The van der Waals surface area contributed by atoms with Gasteiger partial charge in [0.15, 0.2) is 0 Å². The predicted octanol–water partition coefficient (Wildman–Crippen LogP) is 3.88. The number of aromatic nitrogens is 1. The van der Waals surface area contributed by atoms with E-state index in [1.54, 1.807) is 24.3 Å². The Labute approximate surface area is 124 Å². The summed E-state index contributed by atoms with van der Waals surface area (Å²) in [5, 5.41) is 7.93. The first kappa shape index (κ1) is 13.8. The molecule has 0 amide bonds. The van der Waals surface area contributed by atoms with E-state index < -0.39 is 0 Å². The fraction of sp³-hybridized carbons (Fsp3) is 0.0769. The van der Waals surface area contributed by atoms with Gasteiger partial charge in [-0.05, 0) is 31.2 Å². The average molecular weight is 341 g/mol. The van der Waals surface area contributed by atoms with Gasteiger partial charge in [-0.3, -0.25) is 5.41 Å². The van der Waals surface area contributed by atoms with Gasteiger partial charge >= 0.3 is 0 Å². The molecule has 0 fully saturated rings. The summed E-state index contributed by atoms with van der Waals surface area (Å²) in [5.74, 6) is 0.810. The molecule has 19 heavy (non-hydrogen) atoms. The SMILES string of the molecule is Cc1cc(C(=N)N)cc(Oc2cc(Br)ccc2Cl)n1. The Hall–Kier alpha value is -1.59. The fourth-order valence-corrected chi connectivity index (χ4v) is 2.01. The summed E-state index contributed by atoms with van der Waals surface area (Å²) in [6, 6.07) is 8.62. The molecule has 0 spiro atoms. The van der Waals surface area contributed by atoms with Crippen molar-refractivity contribution < 1.29 is 4.74 Å². The van der Waals surface area contributed by atoms with Crippen LogP contribution in [0.3, 0.4) is 0 Å². The van der Waals surface area contributed by atoms with Gasteiger partial charge in [0.25, 0.3) is 0 Å². The first-order valence-electron chi connectivity index (χ1n) is 5.41. The van der Waals surface area contributed by atoms with E-state index in [1.807, 2.05) is 13.0 Å². The Morgan fingerprint density at radius 1 is 1.37 bits per heavy atom. The van der Waals surface area contributed by atoms with Crippen LogP contribution in [0, 0.1) is 12.3 Å². The molecule has 0 aliphatic heterocycles. The van der Waals surface area contributed by atoms with Crippen LogP contribution in [0.15, 0.2) is 34.8 Å². The van der Waals surface area contributed by atoms with Crippen LogP contribution in [0.25, 0.3) is 0 Å². The van der Waals surface area contributed by atoms with Crippen molar-refractivity contribution >= 4 is 33.4 Å². The third-order valence-electron chi connectivity index (χ3n) is 2.35. The molecule has 1 aromatic carbocycles. The number of rotatable bonds is 3. The minimum absolute atomic E-state index is 0.0318. The number of ether oxygens (including phenoxy) is 1. The van der Waals surface area contributed by atoms with Crippen molar-refractivity contribution in [1.82, 2.24) is 4.98 Å². The van der Waals surface area contributed by atoms with Crippen LogP contribution < -0.4 is 10.5 Å². The molecule has 2 aromatic rings. The first-order chi connectivity index (χ1) is 8.95. The highest BCUT2D eigenvalue weighted by atomic mass is 79.9. The second kappa shape index (κ2) is 5.59. The molecular weight excluding hydrogens is 330 g/mol. The lowest BCUT2D eigenvalue weighted by atomic mass is 10.2. The Morgan fingerprint density at radius 2 is 2.11 bits per heavy atom. The number of hydrogen-bond acceptors (Lipinski definition) is 3. The highest BCUT2D eigenvalue weighted by molar-refractivity contribution is 9.10. The summed E-state index contributed by atoms with van der Waals surface area (Å²) in [5.41, 5.74) is 6.75. The average Bonchev–Trinajstić information content (AvgIpc) is 2.33. The summed E-state index contributed by atoms with van der Waals surface area (Å²) in [7, 11) is 0. The molecule has 0 saturated carbocycles. The zero-order chi connectivity index (χ0) is 14.0. The van der Waals surface area contributed by atoms with Crippen LogP contribution in [-0.2, 0) is 0 Å². The van der Waals surface area contributed by atoms with Gasteiger partial charge in [0.2, 0.25) is 5.88 Å². The zero-order valence-electron chi connectivity index (χ0n) is 10.1. The maximum Gasteiger partial charge on any atom is 0.220 e. The van der Waals surface area contributed by atoms with Crippen LogP contribution >= 0.6 is 27.5 Å². The van der Waals surface area contributed by atoms with Gasteiger partial charge in [0.1, 0.15) is 11.6 Å². The molecule has 0 unspecified atom stereocenters. The van der Waals surface area contributed by atoms with Crippen LogP contribution in [0.4, 0.5) is 0 Å². The Balaban J connectivity index is 2.38. The Morgan fingerprint density at radius 3 is 2.79 bits per heavy atom. The van der Waals surface area contributed by atoms with Crippen molar-refractivity contribution in [3.63, 3.8) is 0 Å². The lowest BCUT2D eigenvalue weighted by Gasteiger charge is -2.09. The van der Waals surface area contributed by atoms with E-state index in [4.69, 9.17) is 27.5 Å². The number of nitrogens with zero attached hydrogens (tertiary/aromatic N) is 1. The summed E-state index contributed by atoms with van der Waals surface area (Å²) < 4.78 is 6.49. The molecule has 98 valence electrons. The number of halogens is 2. The normalized spacial score (nSPS) is 10.3. The first-order valence-corrected chi connectivity index (χ1v) is 6.59. The van der Waals surface area contributed by atoms with Crippen molar-refractivity contribution in [3.8, 4) is 11.6 Å². The number of nitrogens with one attached hydrogen (secondary N) is 1. The zero-order valence-corrected chi connectivity index (χ0v) is 12.4. The van der Waals surface area contributed by atoms with Gasteiger partial charge < -0.3 is 10.5 Å². The molecule has 2 rings (SSSR count). The van der Waals surface area contributed by atoms with Crippen LogP contribution in [0.2, 0.25) is 5.02 Å². The highest BCUT2D eigenvalue weighted by Gasteiger charge is 2.08. The standard InChI is InChI=1S/C13H11BrClN3O/c1-7-4-8(13(16)17)5-12(18-7)19-11-6-9(14)2-3-10(11)15/h2-6H,1H3,(H3,16,17). The molecule has 0 aliphatic rings. The van der Waals surface area contributed by atoms with Crippen LogP contribution in [0.1, 0.15) is 11.3 Å². The summed E-state index contributed by atoms with van der Waals surface area (Å²) in [4.78, 5) is 4.23. The van der Waals surface area contributed by atoms with Gasteiger partial charge in [-0.2, -0.15) is 0 Å². The minimum atomic E-state index is -0.0318. The van der Waals surface area contributed by atoms with Gasteiger partial charge in [0, 0.05) is 21.8 Å². The molecule has 0 aliphatic carbocycles. The van der Waals surface area contributed by atoms with E-state index in [0.29, 0.717) is 27.9 Å². The number of amidine groups is 1. The molecule has 0 bridgehead atoms. The number of hydrogen-bond donors (Lipinski definition) is 2. The molecule has 0 atom stereocenters. The van der Waals surface area contributed by atoms with E-state index in [9.17, 15) is 0 Å². The summed E-state index contributed by atoms with van der Waals surface area (Å²) in [6.07, 6.45) is 0. The molecule has 6 heteroatoms. The van der Waals surface area contributed by atoms with Crippen molar-refractivity contribution in [1.29, 1.82) is 5.41 Å². The van der Waals surface area contributed by atoms with Gasteiger partial charge in [-0.1, -0.05) is 27.5 Å². The summed E-state index contributed by atoms with van der Waals surface area (Å²) in [6.45, 7) is 1.81. The van der Waals surface area contributed by atoms with E-state index in [-0.39, 0.29) is 5.84 Å². The molecular formula is C13H11BrClN3O. The monoisotopic (exact) mass is 339 g/mol. The molecule has 4 nitrogen and oxygen atoms in total. The van der Waals surface area contributed by atoms with E-state index in [0.717, 1.165) is 4.47 Å². The number of pyridine rings is 1. The summed E-state index contributed by atoms with van der Waals surface area (Å²) >= 11 is 9.40. The van der Waals surface area contributed by atoms with Gasteiger partial charge in [-0.25, -0.2) is 4.98 Å². The lowest BCUT2D eigenvalue weighted by Crippen LogP contribution is -2.11. The highest BCUT2D eigenvalue weighted by Crippen LogP contribution is 2.31. The second-order valence-electron chi connectivity index (χ2n) is 3.93. The quantitative estimate of drug-likeness (QED) is 0.658. The maximum atomic E-state index is 7.45. The van der Waals surface area contributed by atoms with Crippen molar-refractivity contribution in [2.75, 3.05) is 0 Å². The Kier molecular flexibility index (Phi) is 4.07. The Bertz CT molecular complexity index is 646. The predicted molar refractivity (Wildman–Crippen MR) is 79.2 cm³/mol. The lowest BCUT2D eigenvalue weighted by molar-refractivity contribution is 0.461. The smallest absolute Gasteiger partial charge is 0.220 e. The molecule has 0 saturated heterocycles. The number of benzene rings is 1. The van der Waals surface area contributed by atoms with E-state index in [2.05, 4.69) is 20.9 Å². The number of aryl methyl sites for hydroxylation is 1. The molecule has 1 aromatic heterocycles. The minimum Gasteiger partial charge on any atom is -0.437 e. The second-order valence-corrected chi connectivity index (χ2v) is 5.25. The molecule has 0 radical (unpaired) electrons. The van der Waals surface area contributed by atoms with Crippen molar-refractivity contribution in [2.45, 2.75) is 6.92 Å². The maximum absolute atomic E-state index is 7.45. The third-order valence-corrected chi connectivity index (χ3v) is 3.15. The van der Waals surface area contributed by atoms with Crippen LogP contribution in [-0.4, -0.2) is 10.8 Å². The third kappa shape index (κ3) is 3.45. The van der Waals surface area contributed by atoms with Crippen molar-refractivity contribution in [2.24, 2.45) is 5.73 Å². The number of nitrogen functional groups attached to an aromatic ring is 1.